The van der Waals surface area contributed by atoms with E-state index < -0.39 is 9.84 Å². The second kappa shape index (κ2) is 5.00. The van der Waals surface area contributed by atoms with Crippen LogP contribution in [-0.4, -0.2) is 23.2 Å². The summed E-state index contributed by atoms with van der Waals surface area (Å²) in [5.74, 6) is -0.115. The van der Waals surface area contributed by atoms with Crippen LogP contribution in [0.25, 0.3) is 0 Å². The fourth-order valence-corrected chi connectivity index (χ4v) is 3.40. The molecule has 2 aromatic rings. The minimum Gasteiger partial charge on any atom is -0.396 e. The van der Waals surface area contributed by atoms with Crippen molar-refractivity contribution in [3.05, 3.63) is 35.9 Å². The molecule has 0 atom stereocenters. The molecule has 0 unspecified atom stereocenters. The average Bonchev–Trinajstić information content (AvgIpc) is 2.69. The summed E-state index contributed by atoms with van der Waals surface area (Å²) in [5.41, 5.74) is 7.30. The highest BCUT2D eigenvalue weighted by molar-refractivity contribution is 7.90. The number of sulfone groups is 1. The van der Waals surface area contributed by atoms with Gasteiger partial charge in [-0.3, -0.25) is 9.67 Å². The van der Waals surface area contributed by atoms with Gasteiger partial charge in [-0.1, -0.05) is 0 Å². The molecule has 0 saturated heterocycles. The summed E-state index contributed by atoms with van der Waals surface area (Å²) in [6.45, 7) is 4.39. The van der Waals surface area contributed by atoms with Gasteiger partial charge in [-0.15, -0.1) is 0 Å². The number of rotatable bonds is 4. The van der Waals surface area contributed by atoms with Crippen LogP contribution in [0.3, 0.4) is 0 Å². The molecule has 0 amide bonds. The largest absolute Gasteiger partial charge is 0.396 e. The first-order valence-electron chi connectivity index (χ1n) is 5.89. The van der Waals surface area contributed by atoms with E-state index in [0.29, 0.717) is 12.2 Å². The zero-order chi connectivity index (χ0) is 14.0. The summed E-state index contributed by atoms with van der Waals surface area (Å²) < 4.78 is 26.4. The summed E-state index contributed by atoms with van der Waals surface area (Å²) in [6.07, 6.45) is 2.76. The molecule has 0 saturated carbocycles. The maximum absolute atomic E-state index is 12.4. The Hall–Kier alpha value is -1.89. The highest BCUT2D eigenvalue weighted by Crippen LogP contribution is 2.21. The van der Waals surface area contributed by atoms with Crippen LogP contribution in [0.15, 0.2) is 29.4 Å². The zero-order valence-corrected chi connectivity index (χ0v) is 11.7. The predicted molar refractivity (Wildman–Crippen MR) is 72.2 cm³/mol. The monoisotopic (exact) mass is 280 g/mol. The van der Waals surface area contributed by atoms with Gasteiger partial charge in [-0.2, -0.15) is 5.10 Å². The van der Waals surface area contributed by atoms with Gasteiger partial charge in [0.15, 0.2) is 9.84 Å². The lowest BCUT2D eigenvalue weighted by Crippen LogP contribution is -2.12. The highest BCUT2D eigenvalue weighted by Gasteiger charge is 2.20. The molecule has 0 fully saturated rings. The van der Waals surface area contributed by atoms with E-state index in [-0.39, 0.29) is 16.3 Å². The molecule has 6 nitrogen and oxygen atoms in total. The number of pyridine rings is 1. The van der Waals surface area contributed by atoms with E-state index in [1.165, 1.54) is 18.5 Å². The number of aryl methyl sites for hydroxylation is 2. The molecule has 7 heteroatoms. The van der Waals surface area contributed by atoms with Crippen molar-refractivity contribution in [2.24, 2.45) is 0 Å². The van der Waals surface area contributed by atoms with E-state index >= 15 is 0 Å². The molecule has 0 aromatic carbocycles. The Balaban J connectivity index is 2.39. The van der Waals surface area contributed by atoms with E-state index in [2.05, 4.69) is 10.1 Å². The van der Waals surface area contributed by atoms with Gasteiger partial charge in [0, 0.05) is 12.7 Å². The van der Waals surface area contributed by atoms with Crippen LogP contribution in [0.5, 0.6) is 0 Å². The lowest BCUT2D eigenvalue weighted by Gasteiger charge is -2.08. The first kappa shape index (κ1) is 13.5. The van der Waals surface area contributed by atoms with E-state index in [9.17, 15) is 8.42 Å². The Bertz CT molecular complexity index is 692. The van der Waals surface area contributed by atoms with E-state index in [0.717, 1.165) is 5.69 Å². The number of nitrogens with zero attached hydrogens (tertiary/aromatic N) is 3. The third-order valence-electron chi connectivity index (χ3n) is 2.77. The smallest absolute Gasteiger partial charge is 0.186 e. The first-order valence-corrected chi connectivity index (χ1v) is 7.55. The van der Waals surface area contributed by atoms with Gasteiger partial charge in [-0.25, -0.2) is 8.42 Å². The number of anilines is 1. The summed E-state index contributed by atoms with van der Waals surface area (Å²) in [4.78, 5) is 3.91. The number of aromatic nitrogens is 3. The van der Waals surface area contributed by atoms with Gasteiger partial charge >= 0.3 is 0 Å². The van der Waals surface area contributed by atoms with Gasteiger partial charge in [-0.05, 0) is 26.0 Å². The second-order valence-corrected chi connectivity index (χ2v) is 6.22. The summed E-state index contributed by atoms with van der Waals surface area (Å²) >= 11 is 0. The van der Waals surface area contributed by atoms with Crippen LogP contribution in [-0.2, 0) is 22.1 Å². The summed E-state index contributed by atoms with van der Waals surface area (Å²) in [5, 5.41) is 4.24. The highest BCUT2D eigenvalue weighted by atomic mass is 32.2. The van der Waals surface area contributed by atoms with Crippen LogP contribution in [0, 0.1) is 6.92 Å². The Morgan fingerprint density at radius 2 is 2.16 bits per heavy atom. The molecule has 0 spiro atoms. The molecular weight excluding hydrogens is 264 g/mol. The molecule has 2 aromatic heterocycles. The van der Waals surface area contributed by atoms with Crippen molar-refractivity contribution in [3.8, 4) is 0 Å². The lowest BCUT2D eigenvalue weighted by atomic mass is 10.4. The van der Waals surface area contributed by atoms with Crippen LogP contribution in [0.1, 0.15) is 18.3 Å². The molecule has 102 valence electrons. The Labute approximate surface area is 112 Å². The van der Waals surface area contributed by atoms with Gasteiger partial charge in [0.25, 0.3) is 0 Å². The summed E-state index contributed by atoms with van der Waals surface area (Å²) in [7, 11) is -3.49. The summed E-state index contributed by atoms with van der Waals surface area (Å²) in [6, 6.07) is 3.20. The fraction of sp³-hybridized carbons (Fsp3) is 0.333. The number of nitrogens with two attached hydrogens (primary N) is 1. The van der Waals surface area contributed by atoms with Gasteiger partial charge in [0.2, 0.25) is 0 Å². The third-order valence-corrected chi connectivity index (χ3v) is 4.49. The van der Waals surface area contributed by atoms with E-state index in [1.807, 2.05) is 13.8 Å². The van der Waals surface area contributed by atoms with E-state index in [1.54, 1.807) is 10.7 Å². The Morgan fingerprint density at radius 3 is 2.79 bits per heavy atom. The molecule has 2 heterocycles. The van der Waals surface area contributed by atoms with Crippen molar-refractivity contribution >= 4 is 15.5 Å². The zero-order valence-electron chi connectivity index (χ0n) is 10.9. The lowest BCUT2D eigenvalue weighted by molar-refractivity contribution is 0.586. The van der Waals surface area contributed by atoms with Crippen molar-refractivity contribution in [2.45, 2.75) is 31.0 Å². The molecule has 0 aliphatic carbocycles. The molecule has 0 radical (unpaired) electrons. The SMILES string of the molecule is CCn1nc(C)cc1CS(=O)(=O)c1ccncc1N. The Kier molecular flexibility index (Phi) is 3.57. The molecule has 2 rings (SSSR count). The second-order valence-electron chi connectivity index (χ2n) is 4.27. The van der Waals surface area contributed by atoms with Crippen molar-refractivity contribution in [1.82, 2.24) is 14.8 Å². The fourth-order valence-electron chi connectivity index (χ4n) is 1.94. The number of hydrogen-bond donors (Lipinski definition) is 1. The molecule has 0 aliphatic rings. The van der Waals surface area contributed by atoms with Crippen LogP contribution >= 0.6 is 0 Å². The maximum Gasteiger partial charge on any atom is 0.186 e. The minimum absolute atomic E-state index is 0.115. The molecule has 19 heavy (non-hydrogen) atoms. The standard InChI is InChI=1S/C12H16N4O2S/c1-3-16-10(6-9(2)15-16)8-19(17,18)12-4-5-14-7-11(12)13/h4-7H,3,8,13H2,1-2H3. The Morgan fingerprint density at radius 1 is 1.42 bits per heavy atom. The first-order chi connectivity index (χ1) is 8.94. The number of hydrogen-bond acceptors (Lipinski definition) is 5. The van der Waals surface area contributed by atoms with Crippen LogP contribution in [0.4, 0.5) is 5.69 Å². The van der Waals surface area contributed by atoms with Gasteiger partial charge in [0.1, 0.15) is 0 Å². The normalized spacial score (nSPS) is 11.7. The van der Waals surface area contributed by atoms with Crippen molar-refractivity contribution in [1.29, 1.82) is 0 Å². The minimum atomic E-state index is -3.49. The van der Waals surface area contributed by atoms with Crippen molar-refractivity contribution in [3.63, 3.8) is 0 Å². The topological polar surface area (TPSA) is 90.9 Å². The van der Waals surface area contributed by atoms with Crippen molar-refractivity contribution < 1.29 is 8.42 Å². The molecular formula is C12H16N4O2S. The number of nitrogen functional groups attached to an aromatic ring is 1. The maximum atomic E-state index is 12.4. The molecule has 0 aliphatic heterocycles. The van der Waals surface area contributed by atoms with Crippen molar-refractivity contribution in [2.75, 3.05) is 5.73 Å². The molecule has 0 bridgehead atoms. The van der Waals surface area contributed by atoms with Gasteiger partial charge < -0.3 is 5.73 Å². The van der Waals surface area contributed by atoms with Crippen LogP contribution in [0.2, 0.25) is 0 Å². The predicted octanol–water partition coefficient (Wildman–Crippen LogP) is 1.16. The average molecular weight is 280 g/mol. The third kappa shape index (κ3) is 2.76. The van der Waals surface area contributed by atoms with Gasteiger partial charge in [0.05, 0.1) is 33.9 Å². The van der Waals surface area contributed by atoms with E-state index in [4.69, 9.17) is 5.73 Å². The van der Waals surface area contributed by atoms with Crippen LogP contribution < -0.4 is 5.73 Å². The quantitative estimate of drug-likeness (QED) is 0.907. The molecule has 2 N–H and O–H groups in total.